The first-order valence-electron chi connectivity index (χ1n) is 33.0. The lowest BCUT2D eigenvalue weighted by molar-refractivity contribution is -0.167. The molecule has 0 rings (SSSR count). The lowest BCUT2D eigenvalue weighted by atomic mass is 10.1. The van der Waals surface area contributed by atoms with E-state index >= 15 is 0 Å². The summed E-state index contributed by atoms with van der Waals surface area (Å²) >= 11 is 0. The molecule has 0 aromatic rings. The molecule has 0 bridgehead atoms. The van der Waals surface area contributed by atoms with Crippen LogP contribution in [0.25, 0.3) is 0 Å². The van der Waals surface area contributed by atoms with Crippen LogP contribution in [0.2, 0.25) is 0 Å². The summed E-state index contributed by atoms with van der Waals surface area (Å²) in [7, 11) is 0. The fraction of sp³-hybridized carbons (Fsp3) is 0.685. The second-order valence-corrected chi connectivity index (χ2v) is 21.6. The van der Waals surface area contributed by atoms with E-state index < -0.39 is 6.10 Å². The average Bonchev–Trinajstić information content (AvgIpc) is 3.45. The van der Waals surface area contributed by atoms with Crippen molar-refractivity contribution < 1.29 is 28.6 Å². The minimum absolute atomic E-state index is 0.0891. The van der Waals surface area contributed by atoms with Crippen molar-refractivity contribution in [3.63, 3.8) is 0 Å². The maximum atomic E-state index is 12.9. The number of allylic oxidation sites excluding steroid dienone is 20. The third-order valence-electron chi connectivity index (χ3n) is 14.0. The molecule has 6 nitrogen and oxygen atoms in total. The van der Waals surface area contributed by atoms with Crippen molar-refractivity contribution in [3.05, 3.63) is 122 Å². The Labute approximate surface area is 488 Å². The Morgan fingerprint density at radius 2 is 0.494 bits per heavy atom. The van der Waals surface area contributed by atoms with Crippen molar-refractivity contribution in [1.82, 2.24) is 0 Å². The first-order valence-corrected chi connectivity index (χ1v) is 33.0. The van der Waals surface area contributed by atoms with Crippen molar-refractivity contribution in [3.8, 4) is 0 Å². The van der Waals surface area contributed by atoms with E-state index in [1.807, 2.05) is 0 Å². The van der Waals surface area contributed by atoms with Gasteiger partial charge in [-0.3, -0.25) is 14.4 Å². The van der Waals surface area contributed by atoms with Crippen LogP contribution in [0.4, 0.5) is 0 Å². The molecule has 0 heterocycles. The van der Waals surface area contributed by atoms with Gasteiger partial charge in [-0.05, 0) is 116 Å². The summed E-state index contributed by atoms with van der Waals surface area (Å²) in [5.41, 5.74) is 0. The van der Waals surface area contributed by atoms with Gasteiger partial charge in [0.15, 0.2) is 6.10 Å². The van der Waals surface area contributed by atoms with Gasteiger partial charge in [0.05, 0.1) is 0 Å². The average molecular weight is 1100 g/mol. The highest BCUT2D eigenvalue weighted by Crippen LogP contribution is 2.16. The van der Waals surface area contributed by atoms with Crippen molar-refractivity contribution in [2.75, 3.05) is 13.2 Å². The fourth-order valence-corrected chi connectivity index (χ4v) is 9.02. The van der Waals surface area contributed by atoms with Crippen LogP contribution in [0.3, 0.4) is 0 Å². The number of unbranched alkanes of at least 4 members (excludes halogenated alkanes) is 28. The van der Waals surface area contributed by atoms with Crippen LogP contribution in [0.5, 0.6) is 0 Å². The first kappa shape index (κ1) is 74.8. The molecule has 0 radical (unpaired) electrons. The molecule has 0 amide bonds. The monoisotopic (exact) mass is 1090 g/mol. The number of carbonyl (C=O) groups is 3. The molecule has 0 saturated carbocycles. The van der Waals surface area contributed by atoms with E-state index in [2.05, 4.69) is 142 Å². The zero-order valence-electron chi connectivity index (χ0n) is 51.6. The number of hydrogen-bond donors (Lipinski definition) is 0. The second kappa shape index (κ2) is 66.3. The summed E-state index contributed by atoms with van der Waals surface area (Å²) in [4.78, 5) is 38.2. The Kier molecular flexibility index (Phi) is 62.8. The smallest absolute Gasteiger partial charge is 0.306 e. The standard InChI is InChI=1S/C73H122O6/c1-4-7-10-13-16-19-21-23-25-27-29-31-32-33-34-35-36-37-38-39-40-42-43-45-47-49-51-54-57-60-63-66-72(75)78-69-70(68-77-71(74)65-62-59-56-53-18-15-12-9-6-3)79-73(76)67-64-61-58-55-52-50-48-46-44-41-30-28-26-24-22-20-17-14-11-8-5-2/h7,10,16,19,23,25,28-31,33-34,36-37,39-40,43,45,49,51,70H,4-6,8-9,11-15,17-18,20-22,24,26-27,32,35,38,41-42,44,46-48,50,52-69H2,1-3H3/b10-7-,19-16-,25-23-,30-28-,31-29-,34-33-,37-36-,40-39-,45-43-,51-49-. The van der Waals surface area contributed by atoms with E-state index in [-0.39, 0.29) is 31.1 Å². The summed E-state index contributed by atoms with van der Waals surface area (Å²) in [6.45, 7) is 6.49. The Morgan fingerprint density at radius 3 is 0.797 bits per heavy atom. The van der Waals surface area contributed by atoms with Gasteiger partial charge in [-0.25, -0.2) is 0 Å². The molecule has 1 atom stereocenters. The SMILES string of the molecule is CC/C=C\C/C=C\C/C=C\C/C=C\C/C=C\C/C=C\C/C=C\C/C=C\C/C=C\CCCCCC(=O)OCC(COC(=O)CCCCCCCCCCC)OC(=O)CCCCCCCCCCC/C=C\CCCCCCCCCC. The van der Waals surface area contributed by atoms with Gasteiger partial charge in [0.25, 0.3) is 0 Å². The highest BCUT2D eigenvalue weighted by molar-refractivity contribution is 5.71. The molecule has 79 heavy (non-hydrogen) atoms. The van der Waals surface area contributed by atoms with Gasteiger partial charge in [-0.2, -0.15) is 0 Å². The van der Waals surface area contributed by atoms with E-state index in [1.165, 1.54) is 141 Å². The number of carbonyl (C=O) groups excluding carboxylic acids is 3. The summed E-state index contributed by atoms with van der Waals surface area (Å²) in [5.74, 6) is -0.923. The largest absolute Gasteiger partial charge is 0.462 e. The fourth-order valence-electron chi connectivity index (χ4n) is 9.02. The first-order chi connectivity index (χ1) is 39.0. The van der Waals surface area contributed by atoms with Crippen molar-refractivity contribution in [2.24, 2.45) is 0 Å². The number of ether oxygens (including phenoxy) is 3. The molecule has 6 heteroatoms. The summed E-state index contributed by atoms with van der Waals surface area (Å²) in [6, 6.07) is 0. The van der Waals surface area contributed by atoms with E-state index in [4.69, 9.17) is 14.2 Å². The predicted octanol–water partition coefficient (Wildman–Crippen LogP) is 22.8. The van der Waals surface area contributed by atoms with Crippen LogP contribution in [0, 0.1) is 0 Å². The van der Waals surface area contributed by atoms with Crippen LogP contribution in [-0.4, -0.2) is 37.2 Å². The molecular formula is C73H122O6. The third-order valence-corrected chi connectivity index (χ3v) is 14.0. The molecular weight excluding hydrogens is 973 g/mol. The summed E-state index contributed by atoms with van der Waals surface area (Å²) < 4.78 is 16.9. The van der Waals surface area contributed by atoms with Crippen molar-refractivity contribution in [1.29, 1.82) is 0 Å². The van der Waals surface area contributed by atoms with Gasteiger partial charge in [-0.15, -0.1) is 0 Å². The lowest BCUT2D eigenvalue weighted by Crippen LogP contribution is -2.30. The third kappa shape index (κ3) is 64.5. The predicted molar refractivity (Wildman–Crippen MR) is 343 cm³/mol. The van der Waals surface area contributed by atoms with Crippen LogP contribution >= 0.6 is 0 Å². The van der Waals surface area contributed by atoms with Gasteiger partial charge in [0.1, 0.15) is 13.2 Å². The maximum absolute atomic E-state index is 12.9. The Hall–Kier alpha value is -4.19. The molecule has 0 fully saturated rings. The molecule has 0 aromatic carbocycles. The molecule has 0 aliphatic rings. The zero-order valence-corrected chi connectivity index (χ0v) is 51.6. The molecule has 0 spiro atoms. The molecule has 0 aromatic heterocycles. The molecule has 0 saturated heterocycles. The Balaban J connectivity index is 4.30. The highest BCUT2D eigenvalue weighted by Gasteiger charge is 2.19. The van der Waals surface area contributed by atoms with E-state index in [9.17, 15) is 14.4 Å². The summed E-state index contributed by atoms with van der Waals surface area (Å²) in [6.07, 6.45) is 92.2. The van der Waals surface area contributed by atoms with Crippen LogP contribution in [-0.2, 0) is 28.6 Å². The highest BCUT2D eigenvalue weighted by atomic mass is 16.6. The van der Waals surface area contributed by atoms with E-state index in [0.717, 1.165) is 122 Å². The van der Waals surface area contributed by atoms with Crippen LogP contribution < -0.4 is 0 Å². The van der Waals surface area contributed by atoms with Gasteiger partial charge in [0.2, 0.25) is 0 Å². The lowest BCUT2D eigenvalue weighted by Gasteiger charge is -2.18. The Morgan fingerprint density at radius 1 is 0.266 bits per heavy atom. The van der Waals surface area contributed by atoms with Gasteiger partial charge in [-0.1, -0.05) is 290 Å². The molecule has 0 aliphatic heterocycles. The normalized spacial score (nSPS) is 12.9. The number of hydrogen-bond acceptors (Lipinski definition) is 6. The maximum Gasteiger partial charge on any atom is 0.306 e. The molecule has 0 N–H and O–H groups in total. The summed E-state index contributed by atoms with van der Waals surface area (Å²) in [5, 5.41) is 0. The Bertz CT molecular complexity index is 1640. The second-order valence-electron chi connectivity index (χ2n) is 21.6. The van der Waals surface area contributed by atoms with Crippen LogP contribution in [0.1, 0.15) is 303 Å². The molecule has 1 unspecified atom stereocenters. The molecule has 0 aliphatic carbocycles. The van der Waals surface area contributed by atoms with E-state index in [0.29, 0.717) is 19.3 Å². The van der Waals surface area contributed by atoms with Crippen molar-refractivity contribution >= 4 is 17.9 Å². The minimum Gasteiger partial charge on any atom is -0.462 e. The van der Waals surface area contributed by atoms with Crippen molar-refractivity contribution in [2.45, 2.75) is 309 Å². The topological polar surface area (TPSA) is 78.9 Å². The van der Waals surface area contributed by atoms with Gasteiger partial charge in [0, 0.05) is 19.3 Å². The van der Waals surface area contributed by atoms with E-state index in [1.54, 1.807) is 0 Å². The minimum atomic E-state index is -0.794. The van der Waals surface area contributed by atoms with Gasteiger partial charge < -0.3 is 14.2 Å². The quantitative estimate of drug-likeness (QED) is 0.0261. The van der Waals surface area contributed by atoms with Gasteiger partial charge >= 0.3 is 17.9 Å². The number of rotatable bonds is 59. The number of esters is 3. The van der Waals surface area contributed by atoms with Crippen LogP contribution in [0.15, 0.2) is 122 Å². The zero-order chi connectivity index (χ0) is 57.1. The molecule has 450 valence electrons.